The molecule has 0 fully saturated rings. The molecule has 1 unspecified atom stereocenters. The van der Waals surface area contributed by atoms with Crippen LogP contribution in [0.2, 0.25) is 0 Å². The molecule has 0 rings (SSSR count). The van der Waals surface area contributed by atoms with E-state index in [0.717, 1.165) is 64.2 Å². The van der Waals surface area contributed by atoms with Gasteiger partial charge in [-0.2, -0.15) is 0 Å². The monoisotopic (exact) mass is 839 g/mol. The van der Waals surface area contributed by atoms with Crippen LogP contribution in [0.1, 0.15) is 162 Å². The summed E-state index contributed by atoms with van der Waals surface area (Å²) < 4.78 is 16.6. The van der Waals surface area contributed by atoms with Gasteiger partial charge in [0, 0.05) is 19.3 Å². The van der Waals surface area contributed by atoms with Crippen molar-refractivity contribution in [2.75, 3.05) is 13.2 Å². The summed E-state index contributed by atoms with van der Waals surface area (Å²) in [5.74, 6) is -1.11. The van der Waals surface area contributed by atoms with Gasteiger partial charge in [0.2, 0.25) is 0 Å². The lowest BCUT2D eigenvalue weighted by atomic mass is 10.1. The molecular formula is C55H82O6. The number of hydrogen-bond acceptors (Lipinski definition) is 6. The molecule has 0 radical (unpaired) electrons. The van der Waals surface area contributed by atoms with Gasteiger partial charge in [-0.05, 0) is 77.0 Å². The van der Waals surface area contributed by atoms with Crippen LogP contribution in [0.5, 0.6) is 0 Å². The Kier molecular flexibility index (Phi) is 44.3. The first-order chi connectivity index (χ1) is 30.0. The summed E-state index contributed by atoms with van der Waals surface area (Å²) in [4.78, 5) is 37.8. The number of hydrogen-bond donors (Lipinski definition) is 0. The molecule has 0 aliphatic heterocycles. The summed E-state index contributed by atoms with van der Waals surface area (Å²) in [6.07, 6.45) is 68.4. The predicted octanol–water partition coefficient (Wildman–Crippen LogP) is 15.3. The average molecular weight is 839 g/mol. The molecule has 0 heterocycles. The fourth-order valence-corrected chi connectivity index (χ4v) is 5.59. The van der Waals surface area contributed by atoms with E-state index < -0.39 is 6.10 Å². The predicted molar refractivity (Wildman–Crippen MR) is 260 cm³/mol. The van der Waals surface area contributed by atoms with Gasteiger partial charge in [0.05, 0.1) is 0 Å². The van der Waals surface area contributed by atoms with Crippen LogP contribution in [0.25, 0.3) is 0 Å². The van der Waals surface area contributed by atoms with E-state index in [4.69, 9.17) is 14.2 Å². The van der Waals surface area contributed by atoms with Crippen LogP contribution in [0.4, 0.5) is 0 Å². The van der Waals surface area contributed by atoms with Crippen LogP contribution >= 0.6 is 0 Å². The van der Waals surface area contributed by atoms with Gasteiger partial charge in [-0.25, -0.2) is 0 Å². The second-order valence-corrected chi connectivity index (χ2v) is 14.8. The Balaban J connectivity index is 4.65. The summed E-state index contributed by atoms with van der Waals surface area (Å²) >= 11 is 0. The summed E-state index contributed by atoms with van der Waals surface area (Å²) in [5.41, 5.74) is 0. The van der Waals surface area contributed by atoms with Crippen molar-refractivity contribution in [3.63, 3.8) is 0 Å². The zero-order valence-corrected chi connectivity index (χ0v) is 38.4. The standard InChI is InChI=1S/C55H82O6/c1-4-7-10-13-16-19-22-25-26-27-28-31-33-36-39-42-45-48-54(57)60-51-52(61-55(58)49-46-43-40-37-34-30-24-21-18-15-12-9-6-3)50-59-53(56)47-44-41-38-35-32-29-23-20-17-14-11-8-5-2/h7,9-10,12-13,15-16,18-19,21-22,24-34,38,41,52H,4-6,8,11,14,17,20,23,35-37,39-40,42-51H2,1-3H3/b10-7+,12-9+,16-13+,18-15+,22-19+,24-21+,26-25+,28-27+,32-29+,33-31+,34-30+,41-38+. The SMILES string of the molecule is CC/C=C/C=C/C=C/C=C/C=C/C=C/CCCCCC(=O)OCC(COC(=O)CC/C=C/C/C=C/CCCCCCCC)OC(=O)CCCCC/C=C/C=C/C=C/C=C/CC. The van der Waals surface area contributed by atoms with Crippen LogP contribution in [-0.4, -0.2) is 37.2 Å². The van der Waals surface area contributed by atoms with E-state index >= 15 is 0 Å². The number of esters is 3. The lowest BCUT2D eigenvalue weighted by Gasteiger charge is -2.18. The highest BCUT2D eigenvalue weighted by Crippen LogP contribution is 2.10. The molecule has 6 nitrogen and oxygen atoms in total. The highest BCUT2D eigenvalue weighted by molar-refractivity contribution is 5.71. The van der Waals surface area contributed by atoms with Gasteiger partial charge in [0.15, 0.2) is 6.10 Å². The lowest BCUT2D eigenvalue weighted by Crippen LogP contribution is -2.30. The Labute approximate surface area is 372 Å². The molecule has 0 aromatic carbocycles. The molecule has 0 amide bonds. The second-order valence-electron chi connectivity index (χ2n) is 14.8. The maximum Gasteiger partial charge on any atom is 0.306 e. The minimum atomic E-state index is -0.845. The maximum atomic E-state index is 12.7. The Morgan fingerprint density at radius 1 is 0.361 bits per heavy atom. The third-order valence-corrected chi connectivity index (χ3v) is 9.08. The Morgan fingerprint density at radius 3 is 1.23 bits per heavy atom. The normalized spacial score (nSPS) is 13.4. The largest absolute Gasteiger partial charge is 0.462 e. The molecule has 0 aromatic heterocycles. The van der Waals surface area contributed by atoms with Gasteiger partial charge < -0.3 is 14.2 Å². The van der Waals surface area contributed by atoms with Gasteiger partial charge in [-0.1, -0.05) is 212 Å². The first kappa shape index (κ1) is 56.3. The number of unbranched alkanes of at least 4 members (excludes halogenated alkanes) is 12. The topological polar surface area (TPSA) is 78.9 Å². The van der Waals surface area contributed by atoms with E-state index in [1.807, 2.05) is 103 Å². The van der Waals surface area contributed by atoms with Crippen molar-refractivity contribution in [3.8, 4) is 0 Å². The maximum absolute atomic E-state index is 12.7. The van der Waals surface area contributed by atoms with Crippen LogP contribution in [-0.2, 0) is 28.6 Å². The molecular weight excluding hydrogens is 757 g/mol. The quantitative estimate of drug-likeness (QED) is 0.0202. The molecule has 0 saturated heterocycles. The number of ether oxygens (including phenoxy) is 3. The van der Waals surface area contributed by atoms with E-state index in [1.54, 1.807) is 0 Å². The van der Waals surface area contributed by atoms with Gasteiger partial charge in [0.25, 0.3) is 0 Å². The van der Waals surface area contributed by atoms with Gasteiger partial charge in [0.1, 0.15) is 13.2 Å². The van der Waals surface area contributed by atoms with Crippen molar-refractivity contribution in [3.05, 3.63) is 146 Å². The average Bonchev–Trinajstić information content (AvgIpc) is 3.26. The van der Waals surface area contributed by atoms with E-state index in [1.165, 1.54) is 38.5 Å². The van der Waals surface area contributed by atoms with E-state index in [9.17, 15) is 14.4 Å². The van der Waals surface area contributed by atoms with Crippen molar-refractivity contribution in [2.45, 2.75) is 168 Å². The molecule has 0 spiro atoms. The summed E-state index contributed by atoms with van der Waals surface area (Å²) in [5, 5.41) is 0. The molecule has 0 saturated carbocycles. The molecule has 0 aliphatic rings. The minimum Gasteiger partial charge on any atom is -0.462 e. The highest BCUT2D eigenvalue weighted by Gasteiger charge is 2.19. The van der Waals surface area contributed by atoms with Crippen LogP contribution in [0, 0.1) is 0 Å². The number of carbonyl (C=O) groups excluding carboxylic acids is 3. The molecule has 0 aliphatic carbocycles. The molecule has 1 atom stereocenters. The van der Waals surface area contributed by atoms with Crippen LogP contribution in [0.15, 0.2) is 146 Å². The smallest absolute Gasteiger partial charge is 0.306 e. The van der Waals surface area contributed by atoms with Gasteiger partial charge in [-0.15, -0.1) is 0 Å². The molecule has 338 valence electrons. The zero-order valence-electron chi connectivity index (χ0n) is 38.4. The van der Waals surface area contributed by atoms with Crippen LogP contribution < -0.4 is 0 Å². The highest BCUT2D eigenvalue weighted by atomic mass is 16.6. The lowest BCUT2D eigenvalue weighted by molar-refractivity contribution is -0.166. The number of rotatable bonds is 39. The Morgan fingerprint density at radius 2 is 0.738 bits per heavy atom. The molecule has 0 aromatic rings. The first-order valence-corrected chi connectivity index (χ1v) is 23.5. The summed E-state index contributed by atoms with van der Waals surface area (Å²) in [6.45, 7) is 6.17. The third kappa shape index (κ3) is 46.2. The number of allylic oxidation sites excluding steroid dienone is 24. The van der Waals surface area contributed by atoms with Crippen molar-refractivity contribution in [2.24, 2.45) is 0 Å². The summed E-state index contributed by atoms with van der Waals surface area (Å²) in [7, 11) is 0. The van der Waals surface area contributed by atoms with Crippen molar-refractivity contribution < 1.29 is 28.6 Å². The van der Waals surface area contributed by atoms with Crippen molar-refractivity contribution in [1.29, 1.82) is 0 Å². The van der Waals surface area contributed by atoms with Crippen molar-refractivity contribution >= 4 is 17.9 Å². The van der Waals surface area contributed by atoms with Gasteiger partial charge >= 0.3 is 17.9 Å². The molecule has 6 heteroatoms. The van der Waals surface area contributed by atoms with Gasteiger partial charge in [-0.3, -0.25) is 14.4 Å². The number of carbonyl (C=O) groups is 3. The molecule has 0 N–H and O–H groups in total. The van der Waals surface area contributed by atoms with E-state index in [0.29, 0.717) is 19.3 Å². The van der Waals surface area contributed by atoms with Crippen LogP contribution in [0.3, 0.4) is 0 Å². The second kappa shape index (κ2) is 48.0. The molecule has 61 heavy (non-hydrogen) atoms. The fraction of sp³-hybridized carbons (Fsp3) is 0.509. The zero-order chi connectivity index (χ0) is 44.4. The Bertz CT molecular complexity index is 1430. The summed E-state index contributed by atoms with van der Waals surface area (Å²) in [6, 6.07) is 0. The third-order valence-electron chi connectivity index (χ3n) is 9.08. The van der Waals surface area contributed by atoms with E-state index in [-0.39, 0.29) is 50.4 Å². The van der Waals surface area contributed by atoms with Crippen molar-refractivity contribution in [1.82, 2.24) is 0 Å². The first-order valence-electron chi connectivity index (χ1n) is 23.5. The fourth-order valence-electron chi connectivity index (χ4n) is 5.59. The van der Waals surface area contributed by atoms with E-state index in [2.05, 4.69) is 63.3 Å². The Hall–Kier alpha value is -4.71. The molecule has 0 bridgehead atoms. The minimum absolute atomic E-state index is 0.141.